The van der Waals surface area contributed by atoms with Gasteiger partial charge in [0.15, 0.2) is 0 Å². The number of anilines is 1. The van der Waals surface area contributed by atoms with E-state index >= 15 is 0 Å². The molecule has 4 rings (SSSR count). The number of aromatic amines is 1. The Morgan fingerprint density at radius 1 is 1.36 bits per heavy atom. The first-order valence-corrected chi connectivity index (χ1v) is 8.17. The van der Waals surface area contributed by atoms with Gasteiger partial charge in [0.25, 0.3) is 0 Å². The van der Waals surface area contributed by atoms with Crippen LogP contribution in [0.3, 0.4) is 0 Å². The Labute approximate surface area is 132 Å². The zero-order chi connectivity index (χ0) is 15.1. The normalized spacial score (nSPS) is 19.0. The van der Waals surface area contributed by atoms with Gasteiger partial charge in [0.2, 0.25) is 0 Å². The molecule has 0 saturated carbocycles. The summed E-state index contributed by atoms with van der Waals surface area (Å²) in [5, 5.41) is 10.6. The lowest BCUT2D eigenvalue weighted by Crippen LogP contribution is -2.40. The Morgan fingerprint density at radius 3 is 3.09 bits per heavy atom. The van der Waals surface area contributed by atoms with Crippen molar-refractivity contribution in [2.24, 2.45) is 0 Å². The number of rotatable bonds is 2. The van der Waals surface area contributed by atoms with E-state index in [1.54, 1.807) is 17.7 Å². The lowest BCUT2D eigenvalue weighted by Gasteiger charge is -2.37. The van der Waals surface area contributed by atoms with Gasteiger partial charge >= 0.3 is 0 Å². The molecule has 1 fully saturated rings. The average Bonchev–Trinajstić information content (AvgIpc) is 3.14. The number of fused-ring (bicyclic) bond motifs is 1. The summed E-state index contributed by atoms with van der Waals surface area (Å²) in [6, 6.07) is 2.22. The summed E-state index contributed by atoms with van der Waals surface area (Å²) < 4.78 is 5.74. The molecule has 0 aromatic carbocycles. The van der Waals surface area contributed by atoms with Crippen LogP contribution in [-0.2, 0) is 4.74 Å². The number of H-pyrrole nitrogens is 1. The highest BCUT2D eigenvalue weighted by Gasteiger charge is 2.30. The van der Waals surface area contributed by atoms with Crippen molar-refractivity contribution in [1.82, 2.24) is 20.2 Å². The SMILES string of the molecule is Cc1n[nH]c(C)c1[C@H]1COCCN1c1ncnc2sccc12. The molecule has 0 spiro atoms. The molecule has 0 amide bonds. The molecule has 114 valence electrons. The van der Waals surface area contributed by atoms with Gasteiger partial charge in [0.05, 0.1) is 30.3 Å². The minimum atomic E-state index is 0.130. The van der Waals surface area contributed by atoms with Gasteiger partial charge in [0, 0.05) is 17.8 Å². The molecular weight excluding hydrogens is 298 g/mol. The highest BCUT2D eigenvalue weighted by Crippen LogP contribution is 2.35. The number of hydrogen-bond donors (Lipinski definition) is 1. The number of aryl methyl sites for hydroxylation is 2. The third-order valence-corrected chi connectivity index (χ3v) is 4.98. The highest BCUT2D eigenvalue weighted by molar-refractivity contribution is 7.16. The summed E-state index contributed by atoms with van der Waals surface area (Å²) in [4.78, 5) is 12.3. The summed E-state index contributed by atoms with van der Waals surface area (Å²) in [5.41, 5.74) is 3.32. The van der Waals surface area contributed by atoms with Crippen molar-refractivity contribution in [3.63, 3.8) is 0 Å². The van der Waals surface area contributed by atoms with Crippen LogP contribution in [0.2, 0.25) is 0 Å². The maximum atomic E-state index is 5.74. The second-order valence-corrected chi connectivity index (χ2v) is 6.36. The predicted octanol–water partition coefficient (Wildman–Crippen LogP) is 2.61. The van der Waals surface area contributed by atoms with Gasteiger partial charge in [-0.05, 0) is 25.3 Å². The van der Waals surface area contributed by atoms with E-state index in [0.29, 0.717) is 13.2 Å². The lowest BCUT2D eigenvalue weighted by molar-refractivity contribution is 0.0935. The molecule has 4 heterocycles. The minimum absolute atomic E-state index is 0.130. The zero-order valence-corrected chi connectivity index (χ0v) is 13.4. The van der Waals surface area contributed by atoms with Gasteiger partial charge < -0.3 is 9.64 Å². The number of ether oxygens (including phenoxy) is 1. The highest BCUT2D eigenvalue weighted by atomic mass is 32.1. The molecular formula is C15H17N5OS. The monoisotopic (exact) mass is 315 g/mol. The van der Waals surface area contributed by atoms with Crippen LogP contribution in [0.1, 0.15) is 23.0 Å². The number of aromatic nitrogens is 4. The number of nitrogens with one attached hydrogen (secondary N) is 1. The second kappa shape index (κ2) is 5.33. The molecule has 7 heteroatoms. The van der Waals surface area contributed by atoms with E-state index in [1.807, 2.05) is 6.92 Å². The number of morpholine rings is 1. The molecule has 3 aromatic heterocycles. The third-order valence-electron chi connectivity index (χ3n) is 4.16. The van der Waals surface area contributed by atoms with Crippen LogP contribution in [0.4, 0.5) is 5.82 Å². The van der Waals surface area contributed by atoms with E-state index in [4.69, 9.17) is 4.74 Å². The molecule has 6 nitrogen and oxygen atoms in total. The van der Waals surface area contributed by atoms with E-state index < -0.39 is 0 Å². The fourth-order valence-corrected chi connectivity index (χ4v) is 3.88. The molecule has 1 saturated heterocycles. The Morgan fingerprint density at radius 2 is 2.27 bits per heavy atom. The first-order valence-electron chi connectivity index (χ1n) is 7.29. The van der Waals surface area contributed by atoms with Gasteiger partial charge in [-0.3, -0.25) is 5.10 Å². The summed E-state index contributed by atoms with van der Waals surface area (Å²) in [6.07, 6.45) is 1.65. The standard InChI is InChI=1S/C15H17N5OS/c1-9-13(10(2)19-18-9)12-7-21-5-4-20(12)14-11-3-6-22-15(11)17-8-16-14/h3,6,8,12H,4-5,7H2,1-2H3,(H,18,19)/t12-/m1/s1. The Bertz CT molecular complexity index is 792. The van der Waals surface area contributed by atoms with E-state index in [0.717, 1.165) is 34.0 Å². The van der Waals surface area contributed by atoms with Crippen molar-refractivity contribution >= 4 is 27.4 Å². The van der Waals surface area contributed by atoms with Crippen molar-refractivity contribution in [2.75, 3.05) is 24.7 Å². The van der Waals surface area contributed by atoms with Gasteiger partial charge in [-0.2, -0.15) is 5.10 Å². The number of thiophene rings is 1. The van der Waals surface area contributed by atoms with Gasteiger partial charge in [-0.1, -0.05) is 0 Å². The maximum absolute atomic E-state index is 5.74. The Kier molecular flexibility index (Phi) is 3.31. The van der Waals surface area contributed by atoms with E-state index in [-0.39, 0.29) is 6.04 Å². The molecule has 1 aliphatic rings. The van der Waals surface area contributed by atoms with E-state index in [2.05, 4.69) is 43.4 Å². The van der Waals surface area contributed by atoms with Gasteiger partial charge in [-0.15, -0.1) is 11.3 Å². The largest absolute Gasteiger partial charge is 0.377 e. The van der Waals surface area contributed by atoms with Crippen molar-refractivity contribution in [2.45, 2.75) is 19.9 Å². The Hall–Kier alpha value is -1.99. The van der Waals surface area contributed by atoms with Crippen LogP contribution < -0.4 is 4.90 Å². The summed E-state index contributed by atoms with van der Waals surface area (Å²) in [5.74, 6) is 0.986. The van der Waals surface area contributed by atoms with Gasteiger partial charge in [-0.25, -0.2) is 9.97 Å². The first kappa shape index (κ1) is 13.7. The lowest BCUT2D eigenvalue weighted by atomic mass is 10.0. The van der Waals surface area contributed by atoms with Gasteiger partial charge in [0.1, 0.15) is 17.0 Å². The molecule has 0 radical (unpaired) electrons. The minimum Gasteiger partial charge on any atom is -0.377 e. The van der Waals surface area contributed by atoms with Crippen molar-refractivity contribution in [3.8, 4) is 0 Å². The summed E-state index contributed by atoms with van der Waals surface area (Å²) in [7, 11) is 0. The molecule has 1 atom stereocenters. The molecule has 22 heavy (non-hydrogen) atoms. The average molecular weight is 315 g/mol. The molecule has 3 aromatic rings. The molecule has 1 N–H and O–H groups in total. The topological polar surface area (TPSA) is 66.9 Å². The second-order valence-electron chi connectivity index (χ2n) is 5.47. The van der Waals surface area contributed by atoms with Crippen LogP contribution in [-0.4, -0.2) is 39.9 Å². The maximum Gasteiger partial charge on any atom is 0.141 e. The molecule has 1 aliphatic heterocycles. The van der Waals surface area contributed by atoms with Crippen LogP contribution in [0.25, 0.3) is 10.2 Å². The van der Waals surface area contributed by atoms with E-state index in [1.165, 1.54) is 5.56 Å². The first-order chi connectivity index (χ1) is 10.8. The third kappa shape index (κ3) is 2.08. The zero-order valence-electron chi connectivity index (χ0n) is 12.5. The fourth-order valence-electron chi connectivity index (χ4n) is 3.15. The van der Waals surface area contributed by atoms with Crippen molar-refractivity contribution in [3.05, 3.63) is 34.7 Å². The van der Waals surface area contributed by atoms with Crippen LogP contribution in [0.15, 0.2) is 17.8 Å². The number of hydrogen-bond acceptors (Lipinski definition) is 6. The van der Waals surface area contributed by atoms with Crippen LogP contribution >= 0.6 is 11.3 Å². The number of nitrogens with zero attached hydrogens (tertiary/aromatic N) is 4. The van der Waals surface area contributed by atoms with Crippen molar-refractivity contribution in [1.29, 1.82) is 0 Å². The molecule has 0 aliphatic carbocycles. The Balaban J connectivity index is 1.83. The summed E-state index contributed by atoms with van der Waals surface area (Å²) in [6.45, 7) is 6.27. The molecule has 0 unspecified atom stereocenters. The van der Waals surface area contributed by atoms with Crippen molar-refractivity contribution < 1.29 is 4.74 Å². The summed E-state index contributed by atoms with van der Waals surface area (Å²) >= 11 is 1.64. The van der Waals surface area contributed by atoms with E-state index in [9.17, 15) is 0 Å². The van der Waals surface area contributed by atoms with Crippen LogP contribution in [0, 0.1) is 13.8 Å². The van der Waals surface area contributed by atoms with Crippen LogP contribution in [0.5, 0.6) is 0 Å². The predicted molar refractivity (Wildman–Crippen MR) is 86.4 cm³/mol. The molecule has 0 bridgehead atoms. The quantitative estimate of drug-likeness (QED) is 0.787. The fraction of sp³-hybridized carbons (Fsp3) is 0.400. The smallest absolute Gasteiger partial charge is 0.141 e.